The van der Waals surface area contributed by atoms with Crippen molar-refractivity contribution >= 4 is 21.4 Å². The van der Waals surface area contributed by atoms with Gasteiger partial charge in [-0.3, -0.25) is 0 Å². The highest BCUT2D eigenvalue weighted by molar-refractivity contribution is 7.89. The molecule has 1 aliphatic heterocycles. The number of piperidine rings is 1. The molecule has 29 heavy (non-hydrogen) atoms. The molecule has 10 heteroatoms. The van der Waals surface area contributed by atoms with E-state index in [9.17, 15) is 21.6 Å². The van der Waals surface area contributed by atoms with E-state index in [0.717, 1.165) is 12.1 Å². The molecule has 152 valence electrons. The van der Waals surface area contributed by atoms with Crippen molar-refractivity contribution in [1.29, 1.82) is 0 Å². The maximum atomic E-state index is 14.0. The monoisotopic (exact) mass is 439 g/mol. The molecule has 0 saturated carbocycles. The molecule has 2 heterocycles. The Labute approximate surface area is 169 Å². The summed E-state index contributed by atoms with van der Waals surface area (Å²) in [6.07, 6.45) is 1.26. The molecule has 0 N–H and O–H groups in total. The lowest BCUT2D eigenvalue weighted by Crippen LogP contribution is -2.39. The number of sulfonamides is 1. The summed E-state index contributed by atoms with van der Waals surface area (Å²) in [7, 11) is -4.05. The molecule has 0 spiro atoms. The van der Waals surface area contributed by atoms with Gasteiger partial charge in [0, 0.05) is 30.6 Å². The standard InChI is InChI=1S/C19H16F3N3O2S2/c20-13-8-14(21)10-15(9-13)29(26,27)25-7-3-4-12(11-25)18-23-24-19(28-18)16-5-1-2-6-17(16)22/h1-2,5-6,8-10,12H,3-4,7,11H2. The van der Waals surface area contributed by atoms with Crippen molar-refractivity contribution in [3.05, 3.63) is 64.9 Å². The fraction of sp³-hybridized carbons (Fsp3) is 0.263. The molecule has 1 fully saturated rings. The van der Waals surface area contributed by atoms with Crippen LogP contribution in [-0.4, -0.2) is 36.0 Å². The smallest absolute Gasteiger partial charge is 0.207 e. The summed E-state index contributed by atoms with van der Waals surface area (Å²) in [6, 6.07) is 8.47. The number of nitrogens with zero attached hydrogens (tertiary/aromatic N) is 3. The molecule has 1 aromatic heterocycles. The van der Waals surface area contributed by atoms with Crippen LogP contribution in [-0.2, 0) is 10.0 Å². The van der Waals surface area contributed by atoms with Gasteiger partial charge in [-0.05, 0) is 37.1 Å². The number of hydrogen-bond acceptors (Lipinski definition) is 5. The van der Waals surface area contributed by atoms with Gasteiger partial charge in [0.15, 0.2) is 5.01 Å². The molecule has 0 bridgehead atoms. The Balaban J connectivity index is 1.58. The van der Waals surface area contributed by atoms with Crippen LogP contribution in [0.25, 0.3) is 10.6 Å². The predicted molar refractivity (Wildman–Crippen MR) is 102 cm³/mol. The fourth-order valence-corrected chi connectivity index (χ4v) is 5.89. The van der Waals surface area contributed by atoms with E-state index >= 15 is 0 Å². The summed E-state index contributed by atoms with van der Waals surface area (Å²) >= 11 is 1.22. The van der Waals surface area contributed by atoms with Gasteiger partial charge in [-0.2, -0.15) is 4.31 Å². The molecule has 1 aliphatic rings. The summed E-state index contributed by atoms with van der Waals surface area (Å²) in [5, 5.41) is 9.21. The van der Waals surface area contributed by atoms with Crippen LogP contribution < -0.4 is 0 Å². The second kappa shape index (κ2) is 7.85. The minimum atomic E-state index is -4.05. The molecule has 2 aromatic carbocycles. The van der Waals surface area contributed by atoms with Crippen molar-refractivity contribution in [2.45, 2.75) is 23.7 Å². The lowest BCUT2D eigenvalue weighted by atomic mass is 10.0. The van der Waals surface area contributed by atoms with Crippen LogP contribution >= 0.6 is 11.3 Å². The summed E-state index contributed by atoms with van der Waals surface area (Å²) in [4.78, 5) is -0.417. The molecular weight excluding hydrogens is 423 g/mol. The molecule has 0 radical (unpaired) electrons. The fourth-order valence-electron chi connectivity index (χ4n) is 3.33. The zero-order valence-electron chi connectivity index (χ0n) is 15.1. The first-order valence-corrected chi connectivity index (χ1v) is 11.1. The van der Waals surface area contributed by atoms with Crippen molar-refractivity contribution in [3.8, 4) is 10.6 Å². The molecule has 1 unspecified atom stereocenters. The lowest BCUT2D eigenvalue weighted by molar-refractivity contribution is 0.314. The van der Waals surface area contributed by atoms with Gasteiger partial charge < -0.3 is 0 Å². The third-order valence-corrected chi connectivity index (χ3v) is 7.71. The maximum absolute atomic E-state index is 14.0. The van der Waals surface area contributed by atoms with Gasteiger partial charge in [-0.15, -0.1) is 10.2 Å². The van der Waals surface area contributed by atoms with Crippen molar-refractivity contribution in [1.82, 2.24) is 14.5 Å². The SMILES string of the molecule is O=S(=O)(c1cc(F)cc(F)c1)N1CCCC(c2nnc(-c3ccccc3F)s2)C1. The van der Waals surface area contributed by atoms with Crippen LogP contribution in [0.5, 0.6) is 0 Å². The first-order chi connectivity index (χ1) is 13.8. The zero-order chi connectivity index (χ0) is 20.6. The predicted octanol–water partition coefficient (Wildman–Crippen LogP) is 4.19. The number of hydrogen-bond donors (Lipinski definition) is 0. The third-order valence-electron chi connectivity index (χ3n) is 4.75. The van der Waals surface area contributed by atoms with Gasteiger partial charge in [0.25, 0.3) is 0 Å². The third kappa shape index (κ3) is 4.05. The number of benzene rings is 2. The van der Waals surface area contributed by atoms with Crippen LogP contribution in [0.15, 0.2) is 47.4 Å². The summed E-state index contributed by atoms with van der Waals surface area (Å²) in [6.45, 7) is 0.363. The zero-order valence-corrected chi connectivity index (χ0v) is 16.7. The summed E-state index contributed by atoms with van der Waals surface area (Å²) in [5.74, 6) is -2.53. The Kier molecular flexibility index (Phi) is 5.41. The van der Waals surface area contributed by atoms with E-state index in [1.165, 1.54) is 21.7 Å². The summed E-state index contributed by atoms with van der Waals surface area (Å²) < 4.78 is 67.9. The second-order valence-electron chi connectivity index (χ2n) is 6.73. The topological polar surface area (TPSA) is 63.2 Å². The molecule has 1 saturated heterocycles. The summed E-state index contributed by atoms with van der Waals surface area (Å²) in [5.41, 5.74) is 0.340. The molecule has 0 amide bonds. The van der Waals surface area contributed by atoms with E-state index in [0.29, 0.717) is 34.5 Å². The van der Waals surface area contributed by atoms with Gasteiger partial charge in [-0.1, -0.05) is 23.5 Å². The molecule has 1 atom stereocenters. The van der Waals surface area contributed by atoms with Crippen molar-refractivity contribution in [2.75, 3.05) is 13.1 Å². The van der Waals surface area contributed by atoms with Crippen molar-refractivity contribution in [2.24, 2.45) is 0 Å². The van der Waals surface area contributed by atoms with Crippen molar-refractivity contribution < 1.29 is 21.6 Å². The van der Waals surface area contributed by atoms with Crippen LogP contribution in [0.3, 0.4) is 0 Å². The highest BCUT2D eigenvalue weighted by Gasteiger charge is 2.33. The molecule has 0 aliphatic carbocycles. The van der Waals surface area contributed by atoms with Gasteiger partial charge in [0.05, 0.1) is 4.90 Å². The van der Waals surface area contributed by atoms with E-state index in [-0.39, 0.29) is 19.0 Å². The van der Waals surface area contributed by atoms with E-state index in [1.807, 2.05) is 0 Å². The van der Waals surface area contributed by atoms with Gasteiger partial charge in [-0.25, -0.2) is 21.6 Å². The minimum absolute atomic E-state index is 0.117. The number of rotatable bonds is 4. The Hall–Kier alpha value is -2.30. The first-order valence-electron chi connectivity index (χ1n) is 8.89. The largest absolute Gasteiger partial charge is 0.243 e. The Bertz CT molecular complexity index is 1130. The van der Waals surface area contributed by atoms with E-state index < -0.39 is 32.4 Å². The van der Waals surface area contributed by atoms with Crippen LogP contribution in [0.2, 0.25) is 0 Å². The van der Waals surface area contributed by atoms with Gasteiger partial charge in [0.2, 0.25) is 10.0 Å². The Morgan fingerprint density at radius 3 is 2.48 bits per heavy atom. The maximum Gasteiger partial charge on any atom is 0.243 e. The second-order valence-corrected chi connectivity index (χ2v) is 9.68. The van der Waals surface area contributed by atoms with Crippen LogP contribution in [0, 0.1) is 17.5 Å². The molecule has 3 aromatic rings. The average molecular weight is 439 g/mol. The van der Waals surface area contributed by atoms with Crippen LogP contribution in [0.4, 0.5) is 13.2 Å². The quantitative estimate of drug-likeness (QED) is 0.612. The van der Waals surface area contributed by atoms with Gasteiger partial charge >= 0.3 is 0 Å². The first kappa shape index (κ1) is 20.0. The molecular formula is C19H16F3N3O2S2. The normalized spacial score (nSPS) is 18.1. The van der Waals surface area contributed by atoms with Crippen molar-refractivity contribution in [3.63, 3.8) is 0 Å². The highest BCUT2D eigenvalue weighted by Crippen LogP contribution is 2.35. The number of aromatic nitrogens is 2. The van der Waals surface area contributed by atoms with Crippen LogP contribution in [0.1, 0.15) is 23.8 Å². The Morgan fingerprint density at radius 2 is 1.76 bits per heavy atom. The molecule has 4 rings (SSSR count). The molecule has 5 nitrogen and oxygen atoms in total. The highest BCUT2D eigenvalue weighted by atomic mass is 32.2. The number of halogens is 3. The van der Waals surface area contributed by atoms with E-state index in [2.05, 4.69) is 10.2 Å². The average Bonchev–Trinajstić information content (AvgIpc) is 3.18. The van der Waals surface area contributed by atoms with E-state index in [4.69, 9.17) is 0 Å². The Morgan fingerprint density at radius 1 is 1.03 bits per heavy atom. The lowest BCUT2D eigenvalue weighted by Gasteiger charge is -2.30. The minimum Gasteiger partial charge on any atom is -0.207 e. The van der Waals surface area contributed by atoms with Gasteiger partial charge in [0.1, 0.15) is 22.5 Å². The van der Waals surface area contributed by atoms with E-state index in [1.54, 1.807) is 18.2 Å².